The Kier molecular flexibility index (Phi) is 5.86. The van der Waals surface area contributed by atoms with Gasteiger partial charge < -0.3 is 10.4 Å². The number of hydrogen-bond acceptors (Lipinski definition) is 4. The maximum Gasteiger partial charge on any atom is 0.306 e. The van der Waals surface area contributed by atoms with Crippen molar-refractivity contribution in [1.29, 1.82) is 0 Å². The van der Waals surface area contributed by atoms with E-state index in [1.165, 1.54) is 10.4 Å². The highest BCUT2D eigenvalue weighted by Crippen LogP contribution is 2.32. The fourth-order valence-corrected chi connectivity index (χ4v) is 5.66. The van der Waals surface area contributed by atoms with Crippen LogP contribution in [0, 0.1) is 18.8 Å². The van der Waals surface area contributed by atoms with Gasteiger partial charge in [-0.3, -0.25) is 9.59 Å². The van der Waals surface area contributed by atoms with Crippen molar-refractivity contribution < 1.29 is 23.1 Å². The van der Waals surface area contributed by atoms with Gasteiger partial charge in [-0.25, -0.2) is 8.42 Å². The molecule has 8 heteroatoms. The number of aryl methyl sites for hydroxylation is 1. The van der Waals surface area contributed by atoms with Gasteiger partial charge in [0.2, 0.25) is 15.9 Å². The molecule has 1 saturated heterocycles. The monoisotopic (exact) mass is 394 g/mol. The number of carbonyl (C=O) groups excluding carboxylic acids is 1. The first-order valence-corrected chi connectivity index (χ1v) is 10.9. The Bertz CT molecular complexity index is 831. The van der Waals surface area contributed by atoms with Crippen molar-refractivity contribution in [1.82, 2.24) is 4.31 Å². The second-order valence-corrected chi connectivity index (χ2v) is 9.39. The smallest absolute Gasteiger partial charge is 0.306 e. The zero-order valence-electron chi connectivity index (χ0n) is 15.5. The molecular formula is C19H26N2O5S. The van der Waals surface area contributed by atoms with Crippen LogP contribution in [0.25, 0.3) is 0 Å². The van der Waals surface area contributed by atoms with Gasteiger partial charge in [-0.1, -0.05) is 12.5 Å². The highest BCUT2D eigenvalue weighted by atomic mass is 32.2. The Labute approximate surface area is 159 Å². The number of carboxylic acids is 1. The number of aliphatic carboxylic acids is 1. The molecule has 0 bridgehead atoms. The molecule has 0 spiro atoms. The number of amides is 1. The highest BCUT2D eigenvalue weighted by Gasteiger charge is 2.34. The van der Waals surface area contributed by atoms with E-state index in [4.69, 9.17) is 5.11 Å². The van der Waals surface area contributed by atoms with Crippen LogP contribution in [0.2, 0.25) is 0 Å². The molecule has 0 radical (unpaired) electrons. The fraction of sp³-hybridized carbons (Fsp3) is 0.579. The van der Waals surface area contributed by atoms with Gasteiger partial charge in [-0.2, -0.15) is 4.31 Å². The predicted molar refractivity (Wildman–Crippen MR) is 101 cm³/mol. The molecule has 0 unspecified atom stereocenters. The highest BCUT2D eigenvalue weighted by molar-refractivity contribution is 7.89. The van der Waals surface area contributed by atoms with Crippen molar-refractivity contribution >= 4 is 27.6 Å². The third kappa shape index (κ3) is 4.32. The summed E-state index contributed by atoms with van der Waals surface area (Å²) in [7, 11) is -3.59. The molecule has 27 heavy (non-hydrogen) atoms. The zero-order valence-corrected chi connectivity index (χ0v) is 16.3. The molecule has 0 aromatic heterocycles. The molecule has 7 nitrogen and oxygen atoms in total. The molecule has 2 N–H and O–H groups in total. The molecule has 3 rings (SSSR count). The molecule has 2 fully saturated rings. The van der Waals surface area contributed by atoms with Crippen molar-refractivity contribution in [3.05, 3.63) is 23.8 Å². The van der Waals surface area contributed by atoms with Crippen LogP contribution in [-0.4, -0.2) is 42.8 Å². The number of carboxylic acid groups (broad SMARTS) is 1. The Morgan fingerprint density at radius 1 is 1.11 bits per heavy atom. The average molecular weight is 394 g/mol. The molecule has 1 aliphatic heterocycles. The lowest BCUT2D eigenvalue weighted by Crippen LogP contribution is -2.36. The second kappa shape index (κ2) is 7.98. The van der Waals surface area contributed by atoms with Crippen LogP contribution >= 0.6 is 0 Å². The molecule has 1 heterocycles. The van der Waals surface area contributed by atoms with E-state index in [1.807, 2.05) is 0 Å². The number of anilines is 1. The van der Waals surface area contributed by atoms with Crippen molar-refractivity contribution in [2.75, 3.05) is 18.4 Å². The minimum atomic E-state index is -3.59. The van der Waals surface area contributed by atoms with Gasteiger partial charge in [0, 0.05) is 24.7 Å². The molecule has 2 aliphatic rings. The Morgan fingerprint density at radius 3 is 2.41 bits per heavy atom. The van der Waals surface area contributed by atoms with Gasteiger partial charge in [0.05, 0.1) is 10.8 Å². The Hall–Kier alpha value is -1.93. The third-order valence-corrected chi connectivity index (χ3v) is 7.58. The van der Waals surface area contributed by atoms with Crippen molar-refractivity contribution in [2.45, 2.75) is 50.3 Å². The lowest BCUT2D eigenvalue weighted by atomic mass is 10.0. The number of piperidine rings is 1. The van der Waals surface area contributed by atoms with Crippen LogP contribution in [0.3, 0.4) is 0 Å². The molecule has 1 aromatic carbocycles. The maximum atomic E-state index is 13.0. The van der Waals surface area contributed by atoms with E-state index in [0.29, 0.717) is 43.6 Å². The maximum absolute atomic E-state index is 13.0. The lowest BCUT2D eigenvalue weighted by molar-refractivity contribution is -0.141. The summed E-state index contributed by atoms with van der Waals surface area (Å²) in [6, 6.07) is 4.90. The number of rotatable bonds is 5. The summed E-state index contributed by atoms with van der Waals surface area (Å²) >= 11 is 0. The summed E-state index contributed by atoms with van der Waals surface area (Å²) in [4.78, 5) is 23.8. The van der Waals surface area contributed by atoms with Gasteiger partial charge in [0.25, 0.3) is 0 Å². The first-order valence-electron chi connectivity index (χ1n) is 9.43. The van der Waals surface area contributed by atoms with Crippen molar-refractivity contribution in [2.24, 2.45) is 11.8 Å². The summed E-state index contributed by atoms with van der Waals surface area (Å²) in [5.74, 6) is -1.94. The average Bonchev–Trinajstić information content (AvgIpc) is 3.14. The van der Waals surface area contributed by atoms with E-state index in [2.05, 4.69) is 5.32 Å². The fourth-order valence-electron chi connectivity index (χ4n) is 3.89. The summed E-state index contributed by atoms with van der Waals surface area (Å²) < 4.78 is 27.4. The van der Waals surface area contributed by atoms with Crippen LogP contribution in [0.5, 0.6) is 0 Å². The molecular weight excluding hydrogens is 368 g/mol. The van der Waals surface area contributed by atoms with Gasteiger partial charge in [0.15, 0.2) is 0 Å². The van der Waals surface area contributed by atoms with Gasteiger partial charge in [-0.05, 0) is 56.7 Å². The van der Waals surface area contributed by atoms with E-state index in [-0.39, 0.29) is 16.7 Å². The van der Waals surface area contributed by atoms with Gasteiger partial charge in [-0.15, -0.1) is 0 Å². The zero-order chi connectivity index (χ0) is 19.6. The number of sulfonamides is 1. The number of carbonyl (C=O) groups is 2. The predicted octanol–water partition coefficient (Wildman–Crippen LogP) is 2.61. The van der Waals surface area contributed by atoms with Crippen LogP contribution in [0.1, 0.15) is 44.1 Å². The van der Waals surface area contributed by atoms with Crippen LogP contribution in [0.15, 0.2) is 23.1 Å². The molecule has 1 aromatic rings. The number of nitrogens with zero attached hydrogens (tertiary/aromatic N) is 1. The van der Waals surface area contributed by atoms with Crippen LogP contribution < -0.4 is 5.32 Å². The van der Waals surface area contributed by atoms with E-state index < -0.39 is 21.9 Å². The normalized spacial score (nSPS) is 23.9. The Balaban J connectivity index is 1.75. The Morgan fingerprint density at radius 2 is 1.78 bits per heavy atom. The molecule has 2 atom stereocenters. The number of benzene rings is 1. The summed E-state index contributed by atoms with van der Waals surface area (Å²) in [5, 5.41) is 11.9. The van der Waals surface area contributed by atoms with E-state index in [0.717, 1.165) is 19.3 Å². The van der Waals surface area contributed by atoms with Gasteiger partial charge >= 0.3 is 5.97 Å². The topological polar surface area (TPSA) is 104 Å². The van der Waals surface area contributed by atoms with Crippen LogP contribution in [-0.2, 0) is 19.6 Å². The third-order valence-electron chi connectivity index (χ3n) is 5.54. The van der Waals surface area contributed by atoms with E-state index in [9.17, 15) is 18.0 Å². The standard InChI is InChI=1S/C19H26N2O5S/c1-13-5-8-16(20-18(22)14-6-7-15(11-14)19(23)24)12-17(13)27(25,26)21-9-3-2-4-10-21/h5,8,12,14-15H,2-4,6-7,9-11H2,1H3,(H,20,22)(H,23,24)/t14-,15+/m1/s1. The summed E-state index contributed by atoms with van der Waals surface area (Å²) in [5.41, 5.74) is 1.07. The molecule has 1 saturated carbocycles. The van der Waals surface area contributed by atoms with Crippen molar-refractivity contribution in [3.63, 3.8) is 0 Å². The second-order valence-electron chi connectivity index (χ2n) is 7.48. The number of hydrogen-bond donors (Lipinski definition) is 2. The number of nitrogens with one attached hydrogen (secondary N) is 1. The molecule has 1 amide bonds. The van der Waals surface area contributed by atoms with Crippen molar-refractivity contribution in [3.8, 4) is 0 Å². The quantitative estimate of drug-likeness (QED) is 0.799. The van der Waals surface area contributed by atoms with E-state index in [1.54, 1.807) is 19.1 Å². The summed E-state index contributed by atoms with van der Waals surface area (Å²) in [6.07, 6.45) is 4.12. The lowest BCUT2D eigenvalue weighted by Gasteiger charge is -2.26. The largest absolute Gasteiger partial charge is 0.481 e. The first kappa shape index (κ1) is 19.8. The SMILES string of the molecule is Cc1ccc(NC(=O)[C@@H]2CC[C@H](C(=O)O)C2)cc1S(=O)(=O)N1CCCCC1. The van der Waals surface area contributed by atoms with Gasteiger partial charge in [0.1, 0.15) is 0 Å². The first-order chi connectivity index (χ1) is 12.8. The summed E-state index contributed by atoms with van der Waals surface area (Å²) in [6.45, 7) is 2.80. The molecule has 1 aliphatic carbocycles. The minimum Gasteiger partial charge on any atom is -0.481 e. The molecule has 148 valence electrons. The van der Waals surface area contributed by atoms with E-state index >= 15 is 0 Å². The van der Waals surface area contributed by atoms with Crippen LogP contribution in [0.4, 0.5) is 5.69 Å². The minimum absolute atomic E-state index is 0.219.